The second kappa shape index (κ2) is 15.8. The highest BCUT2D eigenvalue weighted by Gasteiger charge is 2.22. The van der Waals surface area contributed by atoms with E-state index in [4.69, 9.17) is 15.9 Å². The largest absolute Gasteiger partial charge is 0.482 e. The van der Waals surface area contributed by atoms with Crippen LogP contribution in [0.2, 0.25) is 0 Å². The summed E-state index contributed by atoms with van der Waals surface area (Å²) in [6.45, 7) is 2.17. The van der Waals surface area contributed by atoms with E-state index in [-0.39, 0.29) is 30.8 Å². The van der Waals surface area contributed by atoms with Crippen LogP contribution >= 0.6 is 0 Å². The lowest BCUT2D eigenvalue weighted by Gasteiger charge is -2.21. The number of methoxy groups -OCH3 is 1. The van der Waals surface area contributed by atoms with Crippen LogP contribution < -0.4 is 26.4 Å². The minimum absolute atomic E-state index is 0.0194. The van der Waals surface area contributed by atoms with Crippen molar-refractivity contribution in [3.8, 4) is 5.75 Å². The van der Waals surface area contributed by atoms with Crippen LogP contribution in [0.15, 0.2) is 78.9 Å². The molecule has 10 nitrogen and oxygen atoms in total. The molecule has 0 spiro atoms. The van der Waals surface area contributed by atoms with Crippen LogP contribution in [0.5, 0.6) is 5.75 Å². The number of ether oxygens (including phenoxy) is 2. The summed E-state index contributed by atoms with van der Waals surface area (Å²) in [5.74, 6) is -0.527. The highest BCUT2D eigenvalue weighted by molar-refractivity contribution is 5.95. The number of nitrogens with one attached hydrogen (secondary N) is 4. The van der Waals surface area contributed by atoms with Crippen molar-refractivity contribution in [1.82, 2.24) is 16.0 Å². The maximum absolute atomic E-state index is 13.3. The van der Waals surface area contributed by atoms with Crippen LogP contribution in [0, 0.1) is 5.41 Å². The highest BCUT2D eigenvalue weighted by atomic mass is 16.6. The van der Waals surface area contributed by atoms with E-state index in [0.29, 0.717) is 30.7 Å². The first-order valence-corrected chi connectivity index (χ1v) is 13.3. The van der Waals surface area contributed by atoms with Crippen LogP contribution in [0.4, 0.5) is 0 Å². The van der Waals surface area contributed by atoms with Gasteiger partial charge in [-0.3, -0.25) is 15.0 Å². The standard InChI is InChI=1S/C31H37N5O5/c1-21(30(38)35-19-23-8-13-25(14-9-23)29(32)33)36-31(39)27(17-12-22-6-4-3-5-7-22)34-18-24-10-15-26(16-11-24)41-20-28(37)40-2/h3-11,13-16,21,27,34H,12,17-20H2,1-2H3,(H3,32,33)(H,35,38)(H,36,39)/t21-,27+/m0/s1. The lowest BCUT2D eigenvalue weighted by Crippen LogP contribution is -2.51. The van der Waals surface area contributed by atoms with Gasteiger partial charge in [-0.15, -0.1) is 0 Å². The summed E-state index contributed by atoms with van der Waals surface area (Å²) in [5, 5.41) is 16.5. The maximum atomic E-state index is 13.3. The topological polar surface area (TPSA) is 156 Å². The number of nitrogen functional groups attached to an aromatic ring is 1. The van der Waals surface area contributed by atoms with Gasteiger partial charge in [-0.1, -0.05) is 66.7 Å². The normalized spacial score (nSPS) is 12.0. The van der Waals surface area contributed by atoms with Crippen LogP contribution in [0.25, 0.3) is 0 Å². The van der Waals surface area contributed by atoms with E-state index in [1.807, 2.05) is 42.5 Å². The molecular weight excluding hydrogens is 522 g/mol. The Hall–Kier alpha value is -4.70. The molecule has 0 saturated heterocycles. The van der Waals surface area contributed by atoms with Gasteiger partial charge in [0.1, 0.15) is 17.6 Å². The fourth-order valence-electron chi connectivity index (χ4n) is 3.95. The monoisotopic (exact) mass is 559 g/mol. The van der Waals surface area contributed by atoms with Crippen LogP contribution in [0.1, 0.15) is 35.6 Å². The smallest absolute Gasteiger partial charge is 0.343 e. The second-order valence-corrected chi connectivity index (χ2v) is 9.53. The second-order valence-electron chi connectivity index (χ2n) is 9.53. The maximum Gasteiger partial charge on any atom is 0.343 e. The Kier molecular flexibility index (Phi) is 11.9. The lowest BCUT2D eigenvalue weighted by atomic mass is 10.0. The van der Waals surface area contributed by atoms with Crippen molar-refractivity contribution < 1.29 is 23.9 Å². The van der Waals surface area contributed by atoms with E-state index in [1.54, 1.807) is 43.3 Å². The number of benzene rings is 3. The van der Waals surface area contributed by atoms with Gasteiger partial charge >= 0.3 is 5.97 Å². The summed E-state index contributed by atoms with van der Waals surface area (Å²) >= 11 is 0. The number of aryl methyl sites for hydroxylation is 1. The highest BCUT2D eigenvalue weighted by Crippen LogP contribution is 2.13. The fraction of sp³-hybridized carbons (Fsp3) is 0.290. The minimum Gasteiger partial charge on any atom is -0.482 e. The van der Waals surface area contributed by atoms with E-state index in [2.05, 4.69) is 20.7 Å². The third-order valence-electron chi connectivity index (χ3n) is 6.43. The molecule has 0 unspecified atom stereocenters. The molecule has 0 bridgehead atoms. The predicted molar refractivity (Wildman–Crippen MR) is 156 cm³/mol. The predicted octanol–water partition coefficient (Wildman–Crippen LogP) is 2.43. The van der Waals surface area contributed by atoms with E-state index >= 15 is 0 Å². The summed E-state index contributed by atoms with van der Waals surface area (Å²) in [7, 11) is 1.30. The molecule has 3 aromatic rings. The molecule has 0 aliphatic carbocycles. The molecule has 0 aliphatic heterocycles. The van der Waals surface area contributed by atoms with Crippen molar-refractivity contribution >= 4 is 23.6 Å². The zero-order chi connectivity index (χ0) is 29.6. The van der Waals surface area contributed by atoms with Crippen molar-refractivity contribution in [2.45, 2.75) is 44.9 Å². The SMILES string of the molecule is COC(=O)COc1ccc(CN[C@H](CCc2ccccc2)C(=O)N[C@@H](C)C(=O)NCc2ccc(C(=N)N)cc2)cc1. The van der Waals surface area contributed by atoms with Crippen LogP contribution in [0.3, 0.4) is 0 Å². The lowest BCUT2D eigenvalue weighted by molar-refractivity contribution is -0.142. The molecular formula is C31H37N5O5. The number of esters is 1. The number of amidine groups is 1. The van der Waals surface area contributed by atoms with Crippen molar-refractivity contribution in [2.75, 3.05) is 13.7 Å². The number of nitrogens with two attached hydrogens (primary N) is 1. The third-order valence-corrected chi connectivity index (χ3v) is 6.43. The average molecular weight is 560 g/mol. The number of carbonyl (C=O) groups is 3. The molecule has 0 heterocycles. The molecule has 3 aromatic carbocycles. The molecule has 41 heavy (non-hydrogen) atoms. The summed E-state index contributed by atoms with van der Waals surface area (Å²) in [5.41, 5.74) is 8.98. The Bertz CT molecular complexity index is 1300. The molecule has 10 heteroatoms. The fourth-order valence-corrected chi connectivity index (χ4v) is 3.95. The number of amides is 2. The van der Waals surface area contributed by atoms with Gasteiger partial charge < -0.3 is 31.2 Å². The van der Waals surface area contributed by atoms with Gasteiger partial charge in [-0.2, -0.15) is 0 Å². The first-order chi connectivity index (χ1) is 19.7. The molecule has 3 rings (SSSR count). The van der Waals surface area contributed by atoms with Gasteiger partial charge in [0, 0.05) is 18.7 Å². The van der Waals surface area contributed by atoms with E-state index in [1.165, 1.54) is 7.11 Å². The molecule has 2 atom stereocenters. The first-order valence-electron chi connectivity index (χ1n) is 13.3. The van der Waals surface area contributed by atoms with E-state index < -0.39 is 18.1 Å². The average Bonchev–Trinajstić information content (AvgIpc) is 2.99. The zero-order valence-corrected chi connectivity index (χ0v) is 23.3. The quantitative estimate of drug-likeness (QED) is 0.109. The summed E-state index contributed by atoms with van der Waals surface area (Å²) in [4.78, 5) is 37.3. The Morgan fingerprint density at radius 3 is 2.12 bits per heavy atom. The van der Waals surface area contributed by atoms with E-state index in [9.17, 15) is 14.4 Å². The van der Waals surface area contributed by atoms with Gasteiger partial charge in [-0.25, -0.2) is 4.79 Å². The number of hydrogen-bond donors (Lipinski definition) is 5. The van der Waals surface area contributed by atoms with Gasteiger partial charge in [0.25, 0.3) is 0 Å². The number of hydrogen-bond acceptors (Lipinski definition) is 7. The van der Waals surface area contributed by atoms with Gasteiger partial charge in [-0.05, 0) is 48.6 Å². The van der Waals surface area contributed by atoms with Gasteiger partial charge in [0.05, 0.1) is 13.2 Å². The summed E-state index contributed by atoms with van der Waals surface area (Å²) in [6, 6.07) is 22.8. The Balaban J connectivity index is 1.56. The van der Waals surface area contributed by atoms with Crippen molar-refractivity contribution in [3.63, 3.8) is 0 Å². The van der Waals surface area contributed by atoms with Crippen molar-refractivity contribution in [3.05, 3.63) is 101 Å². The summed E-state index contributed by atoms with van der Waals surface area (Å²) < 4.78 is 9.96. The molecule has 6 N–H and O–H groups in total. The summed E-state index contributed by atoms with van der Waals surface area (Å²) in [6.07, 6.45) is 1.22. The van der Waals surface area contributed by atoms with E-state index in [0.717, 1.165) is 16.7 Å². The first kappa shape index (κ1) is 30.8. The molecule has 0 aliphatic rings. The van der Waals surface area contributed by atoms with Crippen LogP contribution in [-0.2, 0) is 38.6 Å². The number of rotatable bonds is 15. The molecule has 216 valence electrons. The van der Waals surface area contributed by atoms with Crippen molar-refractivity contribution in [1.29, 1.82) is 5.41 Å². The Morgan fingerprint density at radius 1 is 0.854 bits per heavy atom. The van der Waals surface area contributed by atoms with Crippen LogP contribution in [-0.4, -0.2) is 49.4 Å². The Morgan fingerprint density at radius 2 is 1.49 bits per heavy atom. The van der Waals surface area contributed by atoms with Gasteiger partial charge in [0.2, 0.25) is 11.8 Å². The van der Waals surface area contributed by atoms with Crippen molar-refractivity contribution in [2.24, 2.45) is 5.73 Å². The molecule has 0 radical (unpaired) electrons. The molecule has 0 aromatic heterocycles. The molecule has 0 saturated carbocycles. The number of carbonyl (C=O) groups excluding carboxylic acids is 3. The minimum atomic E-state index is -0.744. The Labute approximate surface area is 240 Å². The third kappa shape index (κ3) is 10.4. The molecule has 0 fully saturated rings. The zero-order valence-electron chi connectivity index (χ0n) is 23.3. The molecule has 2 amide bonds. The van der Waals surface area contributed by atoms with Gasteiger partial charge in [0.15, 0.2) is 6.61 Å².